The number of H-pyrrole nitrogens is 1. The fourth-order valence-electron chi connectivity index (χ4n) is 1.67. The van der Waals surface area contributed by atoms with E-state index in [1.54, 1.807) is 6.07 Å². The molecule has 4 nitrogen and oxygen atoms in total. The van der Waals surface area contributed by atoms with Crippen LogP contribution in [0.25, 0.3) is 10.8 Å². The summed E-state index contributed by atoms with van der Waals surface area (Å²) in [6.07, 6.45) is 0. The van der Waals surface area contributed by atoms with Crippen molar-refractivity contribution in [3.8, 4) is 0 Å². The van der Waals surface area contributed by atoms with Crippen LogP contribution in [0.15, 0.2) is 35.1 Å². The van der Waals surface area contributed by atoms with Crippen LogP contribution >= 0.6 is 0 Å². The van der Waals surface area contributed by atoms with Crippen molar-refractivity contribution in [2.24, 2.45) is 0 Å². The SMILES string of the molecule is CN(CCO)c1cc2ccccc2c(=O)[nH]1. The Bertz CT molecular complexity index is 548. The van der Waals surface area contributed by atoms with Crippen molar-refractivity contribution < 1.29 is 5.11 Å². The van der Waals surface area contributed by atoms with E-state index < -0.39 is 0 Å². The number of aromatic nitrogens is 1. The second-order valence-corrected chi connectivity index (χ2v) is 3.72. The number of nitrogens with one attached hydrogen (secondary N) is 1. The molecule has 2 rings (SSSR count). The van der Waals surface area contributed by atoms with Gasteiger partial charge in [-0.05, 0) is 17.5 Å². The third kappa shape index (κ3) is 1.92. The molecule has 0 aliphatic rings. The summed E-state index contributed by atoms with van der Waals surface area (Å²) < 4.78 is 0. The Kier molecular flexibility index (Phi) is 2.92. The summed E-state index contributed by atoms with van der Waals surface area (Å²) in [5.74, 6) is 0.720. The number of rotatable bonds is 3. The number of likely N-dealkylation sites (N-methyl/N-ethyl adjacent to an activating group) is 1. The van der Waals surface area contributed by atoms with Gasteiger partial charge in [-0.25, -0.2) is 0 Å². The van der Waals surface area contributed by atoms with E-state index in [9.17, 15) is 4.79 Å². The van der Waals surface area contributed by atoms with Gasteiger partial charge in [0.2, 0.25) is 0 Å². The summed E-state index contributed by atoms with van der Waals surface area (Å²) in [7, 11) is 1.83. The molecule has 0 unspecified atom stereocenters. The lowest BCUT2D eigenvalue weighted by atomic mass is 10.2. The molecule has 4 heteroatoms. The highest BCUT2D eigenvalue weighted by molar-refractivity contribution is 5.83. The Hall–Kier alpha value is -1.81. The molecule has 2 aromatic rings. The Morgan fingerprint density at radius 3 is 2.88 bits per heavy atom. The predicted molar refractivity (Wildman–Crippen MR) is 64.9 cm³/mol. The third-order valence-electron chi connectivity index (χ3n) is 2.59. The second kappa shape index (κ2) is 4.37. The fraction of sp³-hybridized carbons (Fsp3) is 0.250. The quantitative estimate of drug-likeness (QED) is 0.806. The molecule has 16 heavy (non-hydrogen) atoms. The van der Waals surface area contributed by atoms with Crippen LogP contribution in [0.4, 0.5) is 5.82 Å². The summed E-state index contributed by atoms with van der Waals surface area (Å²) in [6, 6.07) is 9.35. The maximum atomic E-state index is 11.8. The topological polar surface area (TPSA) is 56.3 Å². The van der Waals surface area contributed by atoms with Crippen LogP contribution in [0.1, 0.15) is 0 Å². The van der Waals surface area contributed by atoms with Gasteiger partial charge in [-0.2, -0.15) is 0 Å². The molecule has 0 atom stereocenters. The first-order valence-corrected chi connectivity index (χ1v) is 5.16. The molecule has 0 bridgehead atoms. The molecular weight excluding hydrogens is 204 g/mol. The van der Waals surface area contributed by atoms with E-state index in [4.69, 9.17) is 5.11 Å². The highest BCUT2D eigenvalue weighted by Gasteiger charge is 2.04. The number of fused-ring (bicyclic) bond motifs is 1. The van der Waals surface area contributed by atoms with Crippen molar-refractivity contribution in [1.82, 2.24) is 4.98 Å². The molecule has 0 aliphatic carbocycles. The Morgan fingerprint density at radius 1 is 1.38 bits per heavy atom. The molecule has 84 valence electrons. The molecule has 1 aromatic heterocycles. The van der Waals surface area contributed by atoms with Gasteiger partial charge in [0.25, 0.3) is 5.56 Å². The van der Waals surface area contributed by atoms with Gasteiger partial charge in [0.15, 0.2) is 0 Å². The number of aliphatic hydroxyl groups excluding tert-OH is 1. The standard InChI is InChI=1S/C12H14N2O2/c1-14(6-7-15)11-8-9-4-2-3-5-10(9)12(16)13-11/h2-5,8,15H,6-7H2,1H3,(H,13,16). The molecule has 0 amide bonds. The van der Waals surface area contributed by atoms with Crippen molar-refractivity contribution in [3.63, 3.8) is 0 Å². The van der Waals surface area contributed by atoms with Crippen molar-refractivity contribution >= 4 is 16.6 Å². The minimum Gasteiger partial charge on any atom is -0.395 e. The molecule has 1 aromatic carbocycles. The zero-order valence-corrected chi connectivity index (χ0v) is 9.10. The number of hydrogen-bond donors (Lipinski definition) is 2. The molecular formula is C12H14N2O2. The number of aliphatic hydroxyl groups is 1. The van der Waals surface area contributed by atoms with Gasteiger partial charge in [0, 0.05) is 19.0 Å². The first-order chi connectivity index (χ1) is 7.72. The zero-order chi connectivity index (χ0) is 11.5. The first kappa shape index (κ1) is 10.7. The minimum absolute atomic E-state index is 0.0609. The molecule has 0 radical (unpaired) electrons. The average molecular weight is 218 g/mol. The van der Waals surface area contributed by atoms with Crippen LogP contribution in [-0.2, 0) is 0 Å². The average Bonchev–Trinajstić information content (AvgIpc) is 2.29. The van der Waals surface area contributed by atoms with Gasteiger partial charge in [-0.3, -0.25) is 4.79 Å². The van der Waals surface area contributed by atoms with E-state index in [1.807, 2.05) is 36.2 Å². The smallest absolute Gasteiger partial charge is 0.257 e. The van der Waals surface area contributed by atoms with Crippen molar-refractivity contribution in [3.05, 3.63) is 40.7 Å². The predicted octanol–water partition coefficient (Wildman–Crippen LogP) is 0.957. The normalized spacial score (nSPS) is 10.6. The summed E-state index contributed by atoms with van der Waals surface area (Å²) in [4.78, 5) is 16.4. The maximum absolute atomic E-state index is 11.8. The lowest BCUT2D eigenvalue weighted by Gasteiger charge is -2.17. The molecule has 0 saturated carbocycles. The number of benzene rings is 1. The van der Waals surface area contributed by atoms with Crippen molar-refractivity contribution in [2.75, 3.05) is 25.1 Å². The Balaban J connectivity index is 2.54. The third-order valence-corrected chi connectivity index (χ3v) is 2.59. The first-order valence-electron chi connectivity index (χ1n) is 5.16. The monoisotopic (exact) mass is 218 g/mol. The van der Waals surface area contributed by atoms with Crippen molar-refractivity contribution in [2.45, 2.75) is 0 Å². The van der Waals surface area contributed by atoms with E-state index >= 15 is 0 Å². The van der Waals surface area contributed by atoms with E-state index in [0.29, 0.717) is 11.9 Å². The van der Waals surface area contributed by atoms with E-state index in [2.05, 4.69) is 4.98 Å². The van der Waals surface area contributed by atoms with E-state index in [0.717, 1.165) is 11.2 Å². The van der Waals surface area contributed by atoms with Gasteiger partial charge in [-0.15, -0.1) is 0 Å². The van der Waals surface area contributed by atoms with Crippen LogP contribution in [0.5, 0.6) is 0 Å². The van der Waals surface area contributed by atoms with Gasteiger partial charge < -0.3 is 15.0 Å². The lowest BCUT2D eigenvalue weighted by Crippen LogP contribution is -2.24. The number of anilines is 1. The summed E-state index contributed by atoms with van der Waals surface area (Å²) in [5, 5.41) is 10.4. The summed E-state index contributed by atoms with van der Waals surface area (Å²) in [5.41, 5.74) is -0.0992. The molecule has 0 saturated heterocycles. The van der Waals surface area contributed by atoms with E-state index in [1.165, 1.54) is 0 Å². The molecule has 0 aliphatic heterocycles. The van der Waals surface area contributed by atoms with Gasteiger partial charge >= 0.3 is 0 Å². The molecule has 2 N–H and O–H groups in total. The van der Waals surface area contributed by atoms with Crippen LogP contribution in [-0.4, -0.2) is 30.3 Å². The van der Waals surface area contributed by atoms with Gasteiger partial charge in [-0.1, -0.05) is 18.2 Å². The Labute approximate surface area is 93.1 Å². The number of pyridine rings is 1. The maximum Gasteiger partial charge on any atom is 0.257 e. The summed E-state index contributed by atoms with van der Waals surface area (Å²) >= 11 is 0. The second-order valence-electron chi connectivity index (χ2n) is 3.72. The van der Waals surface area contributed by atoms with Crippen LogP contribution in [0.2, 0.25) is 0 Å². The van der Waals surface area contributed by atoms with E-state index in [-0.39, 0.29) is 12.2 Å². The zero-order valence-electron chi connectivity index (χ0n) is 9.10. The van der Waals surface area contributed by atoms with Crippen LogP contribution in [0, 0.1) is 0 Å². The van der Waals surface area contributed by atoms with Gasteiger partial charge in [0.05, 0.1) is 6.61 Å². The highest BCUT2D eigenvalue weighted by Crippen LogP contribution is 2.14. The van der Waals surface area contributed by atoms with Crippen LogP contribution in [0.3, 0.4) is 0 Å². The minimum atomic E-state index is -0.0992. The number of aromatic amines is 1. The number of nitrogens with zero attached hydrogens (tertiary/aromatic N) is 1. The summed E-state index contributed by atoms with van der Waals surface area (Å²) in [6.45, 7) is 0.555. The molecule has 0 spiro atoms. The van der Waals surface area contributed by atoms with Crippen molar-refractivity contribution in [1.29, 1.82) is 0 Å². The van der Waals surface area contributed by atoms with Crippen LogP contribution < -0.4 is 10.5 Å². The number of hydrogen-bond acceptors (Lipinski definition) is 3. The Morgan fingerprint density at radius 2 is 2.12 bits per heavy atom. The molecule has 0 fully saturated rings. The highest BCUT2D eigenvalue weighted by atomic mass is 16.3. The van der Waals surface area contributed by atoms with Gasteiger partial charge in [0.1, 0.15) is 5.82 Å². The largest absolute Gasteiger partial charge is 0.395 e. The fourth-order valence-corrected chi connectivity index (χ4v) is 1.67. The molecule has 1 heterocycles. The lowest BCUT2D eigenvalue weighted by molar-refractivity contribution is 0.304.